The maximum atomic E-state index is 12.2. The van der Waals surface area contributed by atoms with Gasteiger partial charge in [0.1, 0.15) is 6.04 Å². The third-order valence-electron chi connectivity index (χ3n) is 3.15. The summed E-state index contributed by atoms with van der Waals surface area (Å²) in [5, 5.41) is 3.33. The first-order valence-electron chi connectivity index (χ1n) is 7.14. The van der Waals surface area contributed by atoms with Crippen molar-refractivity contribution in [2.75, 3.05) is 6.61 Å². The van der Waals surface area contributed by atoms with Crippen LogP contribution >= 0.6 is 0 Å². The van der Waals surface area contributed by atoms with Crippen LogP contribution in [0.2, 0.25) is 0 Å². The largest absolute Gasteiger partial charge is 0.465 e. The maximum Gasteiger partial charge on any atom is 0.327 e. The number of imidazole rings is 1. The molecule has 2 atom stereocenters. The molecule has 0 fully saturated rings. The molecule has 1 N–H and O–H groups in total. The first-order valence-corrected chi connectivity index (χ1v) is 7.14. The van der Waals surface area contributed by atoms with Crippen LogP contribution in [-0.4, -0.2) is 28.2 Å². The van der Waals surface area contributed by atoms with E-state index in [1.807, 2.05) is 54.9 Å². The lowest BCUT2D eigenvalue weighted by Crippen LogP contribution is -2.38. The Labute approximate surface area is 125 Å². The summed E-state index contributed by atoms with van der Waals surface area (Å²) in [5.41, 5.74) is 0.911. The van der Waals surface area contributed by atoms with Gasteiger partial charge in [0.2, 0.25) is 0 Å². The molecule has 0 aliphatic rings. The monoisotopic (exact) mass is 287 g/mol. The smallest absolute Gasteiger partial charge is 0.327 e. The number of carbonyl (C=O) groups excluding carboxylic acids is 1. The third kappa shape index (κ3) is 4.43. The lowest BCUT2D eigenvalue weighted by Gasteiger charge is -2.22. The number of hydrogen-bond donors (Lipinski definition) is 1. The van der Waals surface area contributed by atoms with Crippen LogP contribution in [0, 0.1) is 0 Å². The normalized spacial score (nSPS) is 13.6. The van der Waals surface area contributed by atoms with Gasteiger partial charge in [-0.15, -0.1) is 0 Å². The summed E-state index contributed by atoms with van der Waals surface area (Å²) in [7, 11) is 0. The molecular formula is C16H21N3O2. The molecule has 2 aromatic rings. The minimum Gasteiger partial charge on any atom is -0.465 e. The Morgan fingerprint density at radius 2 is 2.14 bits per heavy atom. The van der Waals surface area contributed by atoms with Crippen LogP contribution in [0.3, 0.4) is 0 Å². The second kappa shape index (κ2) is 7.59. The Hall–Kier alpha value is -2.14. The Balaban J connectivity index is 2.06. The van der Waals surface area contributed by atoms with E-state index in [2.05, 4.69) is 10.3 Å². The molecule has 0 spiro atoms. The zero-order valence-corrected chi connectivity index (χ0v) is 12.4. The summed E-state index contributed by atoms with van der Waals surface area (Å²) in [6, 6.07) is 9.28. The molecule has 5 heteroatoms. The lowest BCUT2D eigenvalue weighted by molar-refractivity contribution is -0.146. The van der Waals surface area contributed by atoms with Crippen molar-refractivity contribution in [2.45, 2.75) is 32.5 Å². The van der Waals surface area contributed by atoms with E-state index in [0.29, 0.717) is 6.61 Å². The van der Waals surface area contributed by atoms with Crippen molar-refractivity contribution >= 4 is 5.97 Å². The van der Waals surface area contributed by atoms with Crippen LogP contribution < -0.4 is 5.32 Å². The van der Waals surface area contributed by atoms with Gasteiger partial charge >= 0.3 is 5.97 Å². The molecule has 0 radical (unpaired) electrons. The molecule has 0 bridgehead atoms. The fourth-order valence-electron chi connectivity index (χ4n) is 2.22. The number of nitrogens with zero attached hydrogens (tertiary/aromatic N) is 2. The minimum atomic E-state index is -0.454. The highest BCUT2D eigenvalue weighted by atomic mass is 16.5. The standard InChI is InChI=1S/C16H21N3O2/c1-3-21-16(20)15(14-7-5-4-6-8-14)18-13(2)11-19-10-9-17-12-19/h4-10,12-13,15,18H,3,11H2,1-2H3. The van der Waals surface area contributed by atoms with Gasteiger partial charge in [0, 0.05) is 25.0 Å². The molecule has 0 saturated heterocycles. The number of esters is 1. The molecule has 0 saturated carbocycles. The van der Waals surface area contributed by atoms with E-state index in [9.17, 15) is 4.79 Å². The highest BCUT2D eigenvalue weighted by Gasteiger charge is 2.23. The number of nitrogens with one attached hydrogen (secondary N) is 1. The van der Waals surface area contributed by atoms with E-state index < -0.39 is 6.04 Å². The van der Waals surface area contributed by atoms with Gasteiger partial charge < -0.3 is 9.30 Å². The zero-order chi connectivity index (χ0) is 15.1. The Morgan fingerprint density at radius 1 is 1.38 bits per heavy atom. The quantitative estimate of drug-likeness (QED) is 0.793. The number of benzene rings is 1. The highest BCUT2D eigenvalue weighted by Crippen LogP contribution is 2.15. The van der Waals surface area contributed by atoms with E-state index >= 15 is 0 Å². The molecule has 5 nitrogen and oxygen atoms in total. The van der Waals surface area contributed by atoms with Gasteiger partial charge in [-0.05, 0) is 19.4 Å². The summed E-state index contributed by atoms with van der Waals surface area (Å²) >= 11 is 0. The topological polar surface area (TPSA) is 56.1 Å². The number of ether oxygens (including phenoxy) is 1. The van der Waals surface area contributed by atoms with E-state index in [4.69, 9.17) is 4.74 Å². The summed E-state index contributed by atoms with van der Waals surface area (Å²) in [4.78, 5) is 16.2. The minimum absolute atomic E-state index is 0.105. The van der Waals surface area contributed by atoms with Crippen LogP contribution in [0.15, 0.2) is 49.1 Å². The van der Waals surface area contributed by atoms with Crippen LogP contribution in [0.4, 0.5) is 0 Å². The van der Waals surface area contributed by atoms with Crippen molar-refractivity contribution < 1.29 is 9.53 Å². The first-order chi connectivity index (χ1) is 10.2. The van der Waals surface area contributed by atoms with Crippen LogP contribution in [0.25, 0.3) is 0 Å². The zero-order valence-electron chi connectivity index (χ0n) is 12.4. The third-order valence-corrected chi connectivity index (χ3v) is 3.15. The second-order valence-corrected chi connectivity index (χ2v) is 4.92. The highest BCUT2D eigenvalue weighted by molar-refractivity contribution is 5.77. The number of carbonyl (C=O) groups is 1. The summed E-state index contributed by atoms with van der Waals surface area (Å²) in [5.74, 6) is -0.249. The van der Waals surface area contributed by atoms with E-state index in [0.717, 1.165) is 12.1 Å². The number of hydrogen-bond acceptors (Lipinski definition) is 4. The van der Waals surface area contributed by atoms with Crippen molar-refractivity contribution in [2.24, 2.45) is 0 Å². The summed E-state index contributed by atoms with van der Waals surface area (Å²) < 4.78 is 7.15. The van der Waals surface area contributed by atoms with E-state index in [1.54, 1.807) is 12.5 Å². The fourth-order valence-corrected chi connectivity index (χ4v) is 2.22. The Kier molecular flexibility index (Phi) is 5.51. The van der Waals surface area contributed by atoms with Gasteiger partial charge in [0.05, 0.1) is 12.9 Å². The van der Waals surface area contributed by atoms with Crippen LogP contribution in [0.1, 0.15) is 25.5 Å². The molecule has 0 amide bonds. The number of rotatable bonds is 7. The van der Waals surface area contributed by atoms with Crippen molar-refractivity contribution in [3.63, 3.8) is 0 Å². The Bertz CT molecular complexity index is 540. The summed E-state index contributed by atoms with van der Waals surface area (Å²) in [6.07, 6.45) is 5.41. The van der Waals surface area contributed by atoms with Crippen molar-refractivity contribution in [1.82, 2.24) is 14.9 Å². The van der Waals surface area contributed by atoms with Crippen molar-refractivity contribution in [1.29, 1.82) is 0 Å². The average molecular weight is 287 g/mol. The van der Waals surface area contributed by atoms with E-state index in [1.165, 1.54) is 0 Å². The molecule has 112 valence electrons. The lowest BCUT2D eigenvalue weighted by atomic mass is 10.1. The van der Waals surface area contributed by atoms with Gasteiger partial charge in [-0.1, -0.05) is 30.3 Å². The Morgan fingerprint density at radius 3 is 2.76 bits per heavy atom. The van der Waals surface area contributed by atoms with Gasteiger partial charge in [-0.25, -0.2) is 9.78 Å². The molecule has 0 aliphatic carbocycles. The predicted molar refractivity (Wildman–Crippen MR) is 80.6 cm³/mol. The maximum absolute atomic E-state index is 12.2. The molecule has 1 heterocycles. The molecule has 2 rings (SSSR count). The van der Waals surface area contributed by atoms with E-state index in [-0.39, 0.29) is 12.0 Å². The van der Waals surface area contributed by atoms with Gasteiger partial charge in [0.25, 0.3) is 0 Å². The second-order valence-electron chi connectivity index (χ2n) is 4.92. The molecule has 21 heavy (non-hydrogen) atoms. The summed E-state index contributed by atoms with van der Waals surface area (Å²) in [6.45, 7) is 4.96. The van der Waals surface area contributed by atoms with Gasteiger partial charge in [-0.2, -0.15) is 0 Å². The van der Waals surface area contributed by atoms with Gasteiger partial charge in [-0.3, -0.25) is 5.32 Å². The predicted octanol–water partition coefficient (Wildman–Crippen LogP) is 2.17. The van der Waals surface area contributed by atoms with Crippen LogP contribution in [-0.2, 0) is 16.1 Å². The first kappa shape index (κ1) is 15.3. The fraction of sp³-hybridized carbons (Fsp3) is 0.375. The van der Waals surface area contributed by atoms with Crippen LogP contribution in [0.5, 0.6) is 0 Å². The average Bonchev–Trinajstić information content (AvgIpc) is 2.98. The number of aromatic nitrogens is 2. The SMILES string of the molecule is CCOC(=O)C(NC(C)Cn1ccnc1)c1ccccc1. The van der Waals surface area contributed by atoms with Crippen molar-refractivity contribution in [3.05, 3.63) is 54.6 Å². The molecule has 1 aromatic carbocycles. The molecule has 0 aliphatic heterocycles. The molecular weight excluding hydrogens is 266 g/mol. The van der Waals surface area contributed by atoms with Gasteiger partial charge in [0.15, 0.2) is 0 Å². The molecule has 1 aromatic heterocycles. The molecule has 2 unspecified atom stereocenters. The van der Waals surface area contributed by atoms with Crippen molar-refractivity contribution in [3.8, 4) is 0 Å².